The summed E-state index contributed by atoms with van der Waals surface area (Å²) in [5.74, 6) is -0.0406. The first-order valence-electron chi connectivity index (χ1n) is 8.37. The Bertz CT molecular complexity index is 530. The molecule has 134 valence electrons. The summed E-state index contributed by atoms with van der Waals surface area (Å²) < 4.78 is 10.2. The van der Waals surface area contributed by atoms with Crippen LogP contribution in [0.2, 0.25) is 0 Å². The quantitative estimate of drug-likeness (QED) is 0.646. The van der Waals surface area contributed by atoms with Gasteiger partial charge in [-0.05, 0) is 18.9 Å². The fourth-order valence-electron chi connectivity index (χ4n) is 2.77. The first-order chi connectivity index (χ1) is 11.7. The van der Waals surface area contributed by atoms with Gasteiger partial charge in [-0.2, -0.15) is 0 Å². The molecule has 0 spiro atoms. The van der Waals surface area contributed by atoms with Crippen molar-refractivity contribution in [2.24, 2.45) is 0 Å². The number of carbonyl (C=O) groups excluding carboxylic acids is 2. The topological polar surface area (TPSA) is 74.9 Å². The predicted octanol–water partition coefficient (Wildman–Crippen LogP) is 1.03. The smallest absolute Gasteiger partial charge is 0.270 e. The lowest BCUT2D eigenvalue weighted by Crippen LogP contribution is -2.35. The summed E-state index contributed by atoms with van der Waals surface area (Å²) in [7, 11) is 3.28. The van der Waals surface area contributed by atoms with E-state index < -0.39 is 0 Å². The lowest BCUT2D eigenvalue weighted by Gasteiger charge is -2.20. The lowest BCUT2D eigenvalue weighted by molar-refractivity contribution is 0.0787. The SMILES string of the molecule is COCCN(CCOC)CC(=O)c1c[nH]c(C(=O)N2CCCC2)c1. The predicted molar refractivity (Wildman–Crippen MR) is 90.5 cm³/mol. The Balaban J connectivity index is 1.94. The van der Waals surface area contributed by atoms with E-state index in [1.165, 1.54) is 0 Å². The minimum Gasteiger partial charge on any atom is -0.383 e. The molecule has 0 atom stereocenters. The summed E-state index contributed by atoms with van der Waals surface area (Å²) in [5, 5.41) is 0. The first kappa shape index (κ1) is 18.6. The largest absolute Gasteiger partial charge is 0.383 e. The highest BCUT2D eigenvalue weighted by Gasteiger charge is 2.22. The van der Waals surface area contributed by atoms with E-state index in [0.29, 0.717) is 37.6 Å². The Morgan fingerprint density at radius 1 is 1.17 bits per heavy atom. The van der Waals surface area contributed by atoms with Gasteiger partial charge in [-0.3, -0.25) is 14.5 Å². The second kappa shape index (κ2) is 9.56. The van der Waals surface area contributed by atoms with Gasteiger partial charge in [0.2, 0.25) is 0 Å². The number of ether oxygens (including phenoxy) is 2. The fraction of sp³-hybridized carbons (Fsp3) is 0.647. The molecule has 7 heteroatoms. The number of rotatable bonds is 10. The zero-order chi connectivity index (χ0) is 17.4. The van der Waals surface area contributed by atoms with Crippen molar-refractivity contribution in [3.63, 3.8) is 0 Å². The Hall–Kier alpha value is -1.70. The number of nitrogens with one attached hydrogen (secondary N) is 1. The summed E-state index contributed by atoms with van der Waals surface area (Å²) in [6.45, 7) is 4.31. The molecule has 1 aliphatic heterocycles. The number of amides is 1. The Kier molecular flexibility index (Phi) is 7.42. The Morgan fingerprint density at radius 3 is 2.38 bits per heavy atom. The molecule has 0 aliphatic carbocycles. The fourth-order valence-corrected chi connectivity index (χ4v) is 2.77. The van der Waals surface area contributed by atoms with E-state index in [1.807, 2.05) is 9.80 Å². The van der Waals surface area contributed by atoms with Crippen molar-refractivity contribution in [2.45, 2.75) is 12.8 Å². The van der Waals surface area contributed by atoms with Crippen molar-refractivity contribution in [1.82, 2.24) is 14.8 Å². The van der Waals surface area contributed by atoms with Crippen molar-refractivity contribution in [3.8, 4) is 0 Å². The third kappa shape index (κ3) is 5.15. The molecule has 7 nitrogen and oxygen atoms in total. The molecule has 1 amide bonds. The zero-order valence-corrected chi connectivity index (χ0v) is 14.5. The number of H-pyrrole nitrogens is 1. The average Bonchev–Trinajstić information content (AvgIpc) is 3.28. The minimum atomic E-state index is -0.0258. The van der Waals surface area contributed by atoms with E-state index in [0.717, 1.165) is 25.9 Å². The molecule has 0 unspecified atom stereocenters. The van der Waals surface area contributed by atoms with Crippen molar-refractivity contribution in [1.29, 1.82) is 0 Å². The van der Waals surface area contributed by atoms with Crippen LogP contribution in [0.25, 0.3) is 0 Å². The molecule has 1 aromatic rings. The lowest BCUT2D eigenvalue weighted by atomic mass is 10.2. The molecular weight excluding hydrogens is 310 g/mol. The van der Waals surface area contributed by atoms with Gasteiger partial charge in [-0.25, -0.2) is 0 Å². The molecule has 1 aliphatic rings. The number of Topliss-reactive ketones (excluding diaryl/α,β-unsaturated/α-hetero) is 1. The molecule has 1 N–H and O–H groups in total. The van der Waals surface area contributed by atoms with Crippen LogP contribution < -0.4 is 0 Å². The number of aromatic nitrogens is 1. The van der Waals surface area contributed by atoms with E-state index in [2.05, 4.69) is 4.98 Å². The summed E-state index contributed by atoms with van der Waals surface area (Å²) in [4.78, 5) is 31.6. The van der Waals surface area contributed by atoms with Crippen LogP contribution in [-0.4, -0.2) is 86.6 Å². The van der Waals surface area contributed by atoms with Crippen LogP contribution in [-0.2, 0) is 9.47 Å². The highest BCUT2D eigenvalue weighted by Crippen LogP contribution is 2.13. The summed E-state index contributed by atoms with van der Waals surface area (Å²) in [6.07, 6.45) is 3.72. The third-order valence-corrected chi connectivity index (χ3v) is 4.22. The van der Waals surface area contributed by atoms with E-state index in [-0.39, 0.29) is 18.2 Å². The van der Waals surface area contributed by atoms with Gasteiger partial charge < -0.3 is 19.4 Å². The van der Waals surface area contributed by atoms with Gasteiger partial charge in [-0.15, -0.1) is 0 Å². The number of aromatic amines is 1. The highest BCUT2D eigenvalue weighted by atomic mass is 16.5. The maximum atomic E-state index is 12.5. The summed E-state index contributed by atoms with van der Waals surface area (Å²) >= 11 is 0. The monoisotopic (exact) mass is 337 g/mol. The number of likely N-dealkylation sites (tertiary alicyclic amines) is 1. The number of ketones is 1. The zero-order valence-electron chi connectivity index (χ0n) is 14.5. The molecule has 2 rings (SSSR count). The summed E-state index contributed by atoms with van der Waals surface area (Å²) in [5.41, 5.74) is 1.03. The highest BCUT2D eigenvalue weighted by molar-refractivity contribution is 6.01. The molecule has 1 aromatic heterocycles. The number of hydrogen-bond acceptors (Lipinski definition) is 5. The van der Waals surface area contributed by atoms with Gasteiger partial charge >= 0.3 is 0 Å². The summed E-state index contributed by atoms with van der Waals surface area (Å²) in [6, 6.07) is 1.66. The normalized spacial score (nSPS) is 14.5. The third-order valence-electron chi connectivity index (χ3n) is 4.22. The van der Waals surface area contributed by atoms with Crippen LogP contribution in [0.3, 0.4) is 0 Å². The van der Waals surface area contributed by atoms with Crippen LogP contribution in [0, 0.1) is 0 Å². The molecule has 0 radical (unpaired) electrons. The maximum Gasteiger partial charge on any atom is 0.270 e. The van der Waals surface area contributed by atoms with Gasteiger partial charge in [0.25, 0.3) is 5.91 Å². The number of methoxy groups -OCH3 is 2. The standard InChI is InChI=1S/C17H27N3O4/c1-23-9-7-19(8-10-24-2)13-16(21)14-11-15(18-12-14)17(22)20-5-3-4-6-20/h11-12,18H,3-10,13H2,1-2H3. The average molecular weight is 337 g/mol. The van der Waals surface area contributed by atoms with E-state index >= 15 is 0 Å². The van der Waals surface area contributed by atoms with Crippen LogP contribution in [0.4, 0.5) is 0 Å². The van der Waals surface area contributed by atoms with Crippen LogP contribution in [0.15, 0.2) is 12.3 Å². The maximum absolute atomic E-state index is 12.5. The Labute approximate surface area is 142 Å². The van der Waals surface area contributed by atoms with E-state index in [1.54, 1.807) is 26.5 Å². The van der Waals surface area contributed by atoms with Crippen LogP contribution in [0.5, 0.6) is 0 Å². The minimum absolute atomic E-state index is 0.0149. The van der Waals surface area contributed by atoms with Gasteiger partial charge in [0.05, 0.1) is 19.8 Å². The van der Waals surface area contributed by atoms with Crippen LogP contribution >= 0.6 is 0 Å². The van der Waals surface area contributed by atoms with Gasteiger partial charge in [0.1, 0.15) is 5.69 Å². The van der Waals surface area contributed by atoms with Crippen molar-refractivity contribution in [3.05, 3.63) is 23.5 Å². The molecule has 1 saturated heterocycles. The molecular formula is C17H27N3O4. The van der Waals surface area contributed by atoms with E-state index in [4.69, 9.17) is 9.47 Å². The van der Waals surface area contributed by atoms with Gasteiger partial charge in [0, 0.05) is 52.2 Å². The molecule has 0 saturated carbocycles. The molecule has 1 fully saturated rings. The van der Waals surface area contributed by atoms with Crippen molar-refractivity contribution in [2.75, 3.05) is 60.2 Å². The molecule has 0 bridgehead atoms. The van der Waals surface area contributed by atoms with E-state index in [9.17, 15) is 9.59 Å². The number of hydrogen-bond donors (Lipinski definition) is 1. The first-order valence-corrected chi connectivity index (χ1v) is 8.37. The molecule has 0 aromatic carbocycles. The van der Waals surface area contributed by atoms with Gasteiger partial charge in [-0.1, -0.05) is 0 Å². The van der Waals surface area contributed by atoms with Crippen LogP contribution in [0.1, 0.15) is 33.7 Å². The van der Waals surface area contributed by atoms with Crippen molar-refractivity contribution < 1.29 is 19.1 Å². The van der Waals surface area contributed by atoms with Crippen molar-refractivity contribution >= 4 is 11.7 Å². The molecule has 2 heterocycles. The Morgan fingerprint density at radius 2 is 1.79 bits per heavy atom. The number of nitrogens with zero attached hydrogens (tertiary/aromatic N) is 2. The second-order valence-corrected chi connectivity index (χ2v) is 5.99. The second-order valence-electron chi connectivity index (χ2n) is 5.99. The molecule has 24 heavy (non-hydrogen) atoms. The van der Waals surface area contributed by atoms with Gasteiger partial charge in [0.15, 0.2) is 5.78 Å². The number of carbonyl (C=O) groups is 2.